The Hall–Kier alpha value is -1.96. The molecule has 2 N–H and O–H groups in total. The van der Waals surface area contributed by atoms with Crippen molar-refractivity contribution in [2.45, 2.75) is 12.9 Å². The summed E-state index contributed by atoms with van der Waals surface area (Å²) in [5.41, 5.74) is 6.08. The van der Waals surface area contributed by atoms with Crippen LogP contribution in [0.15, 0.2) is 45.9 Å². The van der Waals surface area contributed by atoms with Gasteiger partial charge in [-0.3, -0.25) is 4.79 Å². The van der Waals surface area contributed by atoms with E-state index >= 15 is 0 Å². The summed E-state index contributed by atoms with van der Waals surface area (Å²) in [7, 11) is 0. The average Bonchev–Trinajstić information content (AvgIpc) is 2.36. The maximum Gasteiger partial charge on any atom is 0.573 e. The second-order valence-corrected chi connectivity index (χ2v) is 5.11. The Morgan fingerprint density at radius 3 is 2.33 bits per heavy atom. The molecule has 0 atom stereocenters. The third kappa shape index (κ3) is 4.25. The number of aromatic nitrogens is 1. The number of benzene rings is 1. The van der Waals surface area contributed by atoms with Crippen molar-refractivity contribution in [3.63, 3.8) is 0 Å². The number of hydrogen-bond acceptors (Lipinski definition) is 3. The highest BCUT2D eigenvalue weighted by molar-refractivity contribution is 9.10. The lowest BCUT2D eigenvalue weighted by Crippen LogP contribution is -2.17. The Morgan fingerprint density at radius 2 is 1.81 bits per heavy atom. The summed E-state index contributed by atoms with van der Waals surface area (Å²) in [6.45, 7) is 0.357. The highest BCUT2D eigenvalue weighted by Crippen LogP contribution is 2.23. The first-order valence-electron chi connectivity index (χ1n) is 5.74. The van der Waals surface area contributed by atoms with Crippen LogP contribution in [0.3, 0.4) is 0 Å². The monoisotopic (exact) mass is 362 g/mol. The van der Waals surface area contributed by atoms with Crippen molar-refractivity contribution in [2.75, 3.05) is 5.73 Å². The van der Waals surface area contributed by atoms with Gasteiger partial charge in [-0.25, -0.2) is 0 Å². The van der Waals surface area contributed by atoms with E-state index < -0.39 is 6.36 Å². The first-order chi connectivity index (χ1) is 9.74. The van der Waals surface area contributed by atoms with Crippen molar-refractivity contribution >= 4 is 21.6 Å². The molecular formula is C13H10BrF3N2O2. The second kappa shape index (κ2) is 5.80. The average molecular weight is 363 g/mol. The molecule has 0 aliphatic carbocycles. The predicted molar refractivity (Wildman–Crippen MR) is 75.0 cm³/mol. The van der Waals surface area contributed by atoms with Gasteiger partial charge in [0.15, 0.2) is 0 Å². The zero-order valence-electron chi connectivity index (χ0n) is 10.5. The van der Waals surface area contributed by atoms with Gasteiger partial charge < -0.3 is 15.0 Å². The number of rotatable bonds is 3. The molecule has 0 spiro atoms. The van der Waals surface area contributed by atoms with Crippen molar-refractivity contribution in [1.82, 2.24) is 4.57 Å². The normalized spacial score (nSPS) is 11.4. The molecule has 1 aromatic carbocycles. The van der Waals surface area contributed by atoms with Gasteiger partial charge in [-0.05, 0) is 33.6 Å². The fraction of sp³-hybridized carbons (Fsp3) is 0.154. The highest BCUT2D eigenvalue weighted by atomic mass is 79.9. The Bertz CT molecular complexity index is 670. The zero-order valence-corrected chi connectivity index (χ0v) is 12.1. The highest BCUT2D eigenvalue weighted by Gasteiger charge is 2.30. The van der Waals surface area contributed by atoms with Crippen LogP contribution < -0.4 is 15.9 Å². The van der Waals surface area contributed by atoms with E-state index in [4.69, 9.17) is 5.73 Å². The molecule has 1 aromatic heterocycles. The summed E-state index contributed by atoms with van der Waals surface area (Å²) in [5.74, 6) is -0.285. The minimum Gasteiger partial charge on any atom is -0.406 e. The van der Waals surface area contributed by atoms with E-state index in [1.807, 2.05) is 0 Å². The summed E-state index contributed by atoms with van der Waals surface area (Å²) >= 11 is 3.10. The molecule has 0 saturated heterocycles. The van der Waals surface area contributed by atoms with Gasteiger partial charge in [-0.2, -0.15) is 0 Å². The fourth-order valence-electron chi connectivity index (χ4n) is 1.72. The largest absolute Gasteiger partial charge is 0.573 e. The standard InChI is InChI=1S/C13H10BrF3N2O2/c14-10-6-19(7-11(18)12(10)20)5-8-1-3-9(4-2-8)21-13(15,16)17/h1-4,6-7H,5,18H2. The predicted octanol–water partition coefficient (Wildman–Crippen LogP) is 3.14. The van der Waals surface area contributed by atoms with Crippen LogP contribution in [0.5, 0.6) is 5.75 Å². The van der Waals surface area contributed by atoms with Crippen LogP contribution in [-0.4, -0.2) is 10.9 Å². The van der Waals surface area contributed by atoms with E-state index in [1.54, 1.807) is 10.8 Å². The van der Waals surface area contributed by atoms with Crippen molar-refractivity contribution in [3.05, 3.63) is 56.9 Å². The summed E-state index contributed by atoms with van der Waals surface area (Å²) in [4.78, 5) is 11.4. The number of halogens is 4. The Balaban J connectivity index is 2.15. The zero-order chi connectivity index (χ0) is 15.6. The number of hydrogen-bond donors (Lipinski definition) is 1. The maximum atomic E-state index is 12.0. The quantitative estimate of drug-likeness (QED) is 0.912. The molecule has 1 heterocycles. The van der Waals surface area contributed by atoms with Gasteiger partial charge in [0.25, 0.3) is 0 Å². The SMILES string of the molecule is Nc1cn(Cc2ccc(OC(F)(F)F)cc2)cc(Br)c1=O. The van der Waals surface area contributed by atoms with Gasteiger partial charge in [0, 0.05) is 18.9 Å². The van der Waals surface area contributed by atoms with Gasteiger partial charge in [0.2, 0.25) is 5.43 Å². The molecule has 4 nitrogen and oxygen atoms in total. The molecule has 0 aliphatic rings. The molecule has 0 saturated carbocycles. The molecule has 21 heavy (non-hydrogen) atoms. The minimum atomic E-state index is -4.71. The number of nitrogen functional groups attached to an aromatic ring is 1. The van der Waals surface area contributed by atoms with Crippen molar-refractivity contribution in [1.29, 1.82) is 0 Å². The van der Waals surface area contributed by atoms with Crippen LogP contribution in [0.4, 0.5) is 18.9 Å². The Labute approximate surface area is 126 Å². The molecular weight excluding hydrogens is 353 g/mol. The van der Waals surface area contributed by atoms with Crippen LogP contribution in [-0.2, 0) is 6.54 Å². The van der Waals surface area contributed by atoms with Gasteiger partial charge >= 0.3 is 6.36 Å². The molecule has 0 amide bonds. The van der Waals surface area contributed by atoms with Crippen molar-refractivity contribution < 1.29 is 17.9 Å². The molecule has 8 heteroatoms. The van der Waals surface area contributed by atoms with Crippen molar-refractivity contribution in [3.8, 4) is 5.75 Å². The first kappa shape index (κ1) is 15.4. The molecule has 0 fully saturated rings. The third-order valence-electron chi connectivity index (χ3n) is 2.59. The molecule has 0 radical (unpaired) electrons. The maximum absolute atomic E-state index is 12.0. The summed E-state index contributed by atoms with van der Waals surface area (Å²) in [6, 6.07) is 5.46. The van der Waals surface area contributed by atoms with Crippen LogP contribution in [0, 0.1) is 0 Å². The van der Waals surface area contributed by atoms with E-state index in [1.165, 1.54) is 30.5 Å². The third-order valence-corrected chi connectivity index (χ3v) is 3.15. The van der Waals surface area contributed by atoms with E-state index in [2.05, 4.69) is 20.7 Å². The Kier molecular flexibility index (Phi) is 4.26. The molecule has 112 valence electrons. The van der Waals surface area contributed by atoms with Crippen LogP contribution in [0.2, 0.25) is 0 Å². The molecule has 2 rings (SSSR count). The van der Waals surface area contributed by atoms with E-state index in [-0.39, 0.29) is 16.9 Å². The summed E-state index contributed by atoms with van der Waals surface area (Å²) < 4.78 is 41.9. The lowest BCUT2D eigenvalue weighted by molar-refractivity contribution is -0.274. The van der Waals surface area contributed by atoms with Crippen molar-refractivity contribution in [2.24, 2.45) is 0 Å². The first-order valence-corrected chi connectivity index (χ1v) is 6.53. The molecule has 2 aromatic rings. The van der Waals surface area contributed by atoms with Crippen LogP contribution in [0.25, 0.3) is 0 Å². The van der Waals surface area contributed by atoms with E-state index in [9.17, 15) is 18.0 Å². The minimum absolute atomic E-state index is 0.0846. The Morgan fingerprint density at radius 1 is 1.19 bits per heavy atom. The van der Waals surface area contributed by atoms with E-state index in [0.717, 1.165) is 5.56 Å². The molecule has 0 unspecified atom stereocenters. The number of anilines is 1. The summed E-state index contributed by atoms with van der Waals surface area (Å²) in [6.07, 6.45) is -1.69. The van der Waals surface area contributed by atoms with Crippen LogP contribution >= 0.6 is 15.9 Å². The fourth-order valence-corrected chi connectivity index (χ4v) is 2.21. The number of pyridine rings is 1. The second-order valence-electron chi connectivity index (χ2n) is 4.25. The molecule has 0 aliphatic heterocycles. The van der Waals surface area contributed by atoms with Gasteiger partial charge in [0.1, 0.15) is 5.75 Å². The number of nitrogens with zero attached hydrogens (tertiary/aromatic N) is 1. The number of ether oxygens (including phenoxy) is 1. The van der Waals surface area contributed by atoms with E-state index in [0.29, 0.717) is 11.0 Å². The van der Waals surface area contributed by atoms with Crippen LogP contribution in [0.1, 0.15) is 5.56 Å². The smallest absolute Gasteiger partial charge is 0.406 e. The topological polar surface area (TPSA) is 57.2 Å². The lowest BCUT2D eigenvalue weighted by atomic mass is 10.2. The van der Waals surface area contributed by atoms with Gasteiger partial charge in [-0.1, -0.05) is 12.1 Å². The molecule has 0 bridgehead atoms. The van der Waals surface area contributed by atoms with Gasteiger partial charge in [0.05, 0.1) is 10.2 Å². The number of alkyl halides is 3. The van der Waals surface area contributed by atoms with Gasteiger partial charge in [-0.15, -0.1) is 13.2 Å². The summed E-state index contributed by atoms with van der Waals surface area (Å²) in [5, 5.41) is 0. The lowest BCUT2D eigenvalue weighted by Gasteiger charge is -2.11. The number of nitrogens with two attached hydrogens (primary N) is 1.